The highest BCUT2D eigenvalue weighted by Gasteiger charge is 2.30. The first-order chi connectivity index (χ1) is 20.8. The number of carbonyl (C=O) groups is 3. The van der Waals surface area contributed by atoms with Gasteiger partial charge in [-0.05, 0) is 25.0 Å². The van der Waals surface area contributed by atoms with Crippen LogP contribution in [0.25, 0.3) is 0 Å². The molecule has 1 aromatic rings. The number of carboxylic acids is 3. The zero-order valence-electron chi connectivity index (χ0n) is 25.1. The van der Waals surface area contributed by atoms with Crippen LogP contribution in [0.2, 0.25) is 0 Å². The first kappa shape index (κ1) is 35.8. The molecule has 12 heteroatoms. The van der Waals surface area contributed by atoms with Crippen LogP contribution in [0.1, 0.15) is 57.8 Å². The van der Waals surface area contributed by atoms with Gasteiger partial charge in [-0.3, -0.25) is 24.2 Å². The van der Waals surface area contributed by atoms with Gasteiger partial charge in [-0.25, -0.2) is 4.79 Å². The maximum Gasteiger partial charge on any atom is 0.323 e. The van der Waals surface area contributed by atoms with Crippen molar-refractivity contribution in [3.8, 4) is 5.75 Å². The highest BCUT2D eigenvalue weighted by molar-refractivity contribution is 5.71. The second-order valence-corrected chi connectivity index (χ2v) is 10.9. The summed E-state index contributed by atoms with van der Waals surface area (Å²) in [6, 6.07) is 9.16. The Morgan fingerprint density at radius 1 is 0.767 bits per heavy atom. The third kappa shape index (κ3) is 15.6. The fourth-order valence-corrected chi connectivity index (χ4v) is 5.32. The molecule has 12 nitrogen and oxygen atoms in total. The summed E-state index contributed by atoms with van der Waals surface area (Å²) < 4.78 is 5.73. The number of ether oxygens (including phenoxy) is 1. The van der Waals surface area contributed by atoms with E-state index in [0.29, 0.717) is 39.2 Å². The van der Waals surface area contributed by atoms with Gasteiger partial charge in [-0.1, -0.05) is 63.1 Å². The first-order valence-electron chi connectivity index (χ1n) is 15.3. The SMILES string of the molecule is O=C=C1C(CCCCCCCCCCOc2ccccc2)N(CC(=O)O)CCNCCN(CC(=O)O)CCN1CC(=O)O. The molecular weight excluding hydrogens is 556 g/mol. The van der Waals surface area contributed by atoms with E-state index in [4.69, 9.17) is 4.74 Å². The largest absolute Gasteiger partial charge is 0.494 e. The second-order valence-electron chi connectivity index (χ2n) is 10.9. The minimum Gasteiger partial charge on any atom is -0.494 e. The van der Waals surface area contributed by atoms with E-state index in [1.54, 1.807) is 9.80 Å². The Labute approximate surface area is 254 Å². The topological polar surface area (TPSA) is 160 Å². The molecule has 2 rings (SSSR count). The van der Waals surface area contributed by atoms with E-state index >= 15 is 0 Å². The molecule has 0 aromatic heterocycles. The number of nitrogens with zero attached hydrogens (tertiary/aromatic N) is 3. The molecular formula is C31H48N4O8. The quantitative estimate of drug-likeness (QED) is 0.143. The number of hydrogen-bond donors (Lipinski definition) is 4. The fourth-order valence-electron chi connectivity index (χ4n) is 5.32. The van der Waals surface area contributed by atoms with E-state index in [9.17, 15) is 34.5 Å². The van der Waals surface area contributed by atoms with Gasteiger partial charge in [0.05, 0.1) is 25.7 Å². The summed E-state index contributed by atoms with van der Waals surface area (Å²) in [6.07, 6.45) is 8.58. The Kier molecular flexibility index (Phi) is 17.7. The summed E-state index contributed by atoms with van der Waals surface area (Å²) in [5.41, 5.74) is 0.109. The third-order valence-electron chi connectivity index (χ3n) is 7.48. The van der Waals surface area contributed by atoms with Crippen LogP contribution in [0.4, 0.5) is 0 Å². The summed E-state index contributed by atoms with van der Waals surface area (Å²) in [7, 11) is 0. The van der Waals surface area contributed by atoms with Crippen molar-refractivity contribution in [2.45, 2.75) is 63.8 Å². The number of carbonyl (C=O) groups excluding carboxylic acids is 1. The van der Waals surface area contributed by atoms with Crippen molar-refractivity contribution in [2.24, 2.45) is 0 Å². The van der Waals surface area contributed by atoms with Gasteiger partial charge in [0, 0.05) is 39.3 Å². The lowest BCUT2D eigenvalue weighted by molar-refractivity contribution is -0.140. The molecule has 1 heterocycles. The maximum atomic E-state index is 12.3. The van der Waals surface area contributed by atoms with E-state index in [1.165, 1.54) is 4.90 Å². The van der Waals surface area contributed by atoms with Gasteiger partial charge in [0.1, 0.15) is 23.9 Å². The number of benzene rings is 1. The van der Waals surface area contributed by atoms with Gasteiger partial charge in [-0.15, -0.1) is 0 Å². The molecule has 0 spiro atoms. The van der Waals surface area contributed by atoms with Crippen molar-refractivity contribution in [1.29, 1.82) is 0 Å². The highest BCUT2D eigenvalue weighted by atomic mass is 16.5. The zero-order chi connectivity index (χ0) is 31.3. The molecule has 43 heavy (non-hydrogen) atoms. The Bertz CT molecular complexity index is 1020. The highest BCUT2D eigenvalue weighted by Crippen LogP contribution is 2.21. The summed E-state index contributed by atoms with van der Waals surface area (Å²) >= 11 is 0. The molecule has 1 aliphatic heterocycles. The van der Waals surface area contributed by atoms with Crippen LogP contribution in [0.3, 0.4) is 0 Å². The van der Waals surface area contributed by atoms with Crippen molar-refractivity contribution in [2.75, 3.05) is 65.5 Å². The predicted molar refractivity (Wildman–Crippen MR) is 162 cm³/mol. The van der Waals surface area contributed by atoms with E-state index in [-0.39, 0.29) is 31.9 Å². The molecule has 0 aliphatic carbocycles. The lowest BCUT2D eigenvalue weighted by atomic mass is 10.0. The Balaban J connectivity index is 1.93. The van der Waals surface area contributed by atoms with Crippen molar-refractivity contribution in [3.63, 3.8) is 0 Å². The molecule has 4 N–H and O–H groups in total. The standard InChI is InChI=1S/C31H48N4O8/c36-25-28-27(14-10-5-3-1-2-4-6-11-21-43-26-12-8-7-9-13-26)34(23-30(39)40)18-16-32-15-17-33(22-29(37)38)19-20-35(28)24-31(41)42/h7-9,12-13,27,32H,1-6,10-11,14-24H2,(H,37,38)(H,39,40)(H,41,42). The van der Waals surface area contributed by atoms with Crippen LogP contribution in [0.5, 0.6) is 5.75 Å². The van der Waals surface area contributed by atoms with E-state index in [0.717, 1.165) is 57.1 Å². The molecule has 1 unspecified atom stereocenters. The molecule has 1 saturated heterocycles. The number of unbranched alkanes of at least 4 members (excludes halogenated alkanes) is 7. The summed E-state index contributed by atoms with van der Waals surface area (Å²) in [5, 5.41) is 31.7. The molecule has 1 aliphatic rings. The average Bonchev–Trinajstić information content (AvgIpc) is 2.96. The molecule has 0 bridgehead atoms. The average molecular weight is 605 g/mol. The van der Waals surface area contributed by atoms with Crippen LogP contribution in [0.15, 0.2) is 36.0 Å². The summed E-state index contributed by atoms with van der Waals surface area (Å²) in [5.74, 6) is -0.330. The van der Waals surface area contributed by atoms with Gasteiger partial charge in [0.2, 0.25) is 0 Å². The number of para-hydroxylation sites is 1. The number of aliphatic carboxylic acids is 3. The van der Waals surface area contributed by atoms with Crippen LogP contribution in [-0.2, 0) is 19.2 Å². The van der Waals surface area contributed by atoms with Crippen molar-refractivity contribution < 1.29 is 39.2 Å². The number of rotatable bonds is 18. The molecule has 1 atom stereocenters. The lowest BCUT2D eigenvalue weighted by Crippen LogP contribution is -2.51. The molecule has 1 fully saturated rings. The molecule has 0 radical (unpaired) electrons. The summed E-state index contributed by atoms with van der Waals surface area (Å²) in [4.78, 5) is 52.0. The zero-order valence-corrected chi connectivity index (χ0v) is 25.1. The van der Waals surface area contributed by atoms with Gasteiger partial charge in [0.15, 0.2) is 0 Å². The number of carboxylic acid groups (broad SMARTS) is 3. The molecule has 0 saturated carbocycles. The lowest BCUT2D eigenvalue weighted by Gasteiger charge is -2.37. The summed E-state index contributed by atoms with van der Waals surface area (Å²) in [6.45, 7) is 1.76. The van der Waals surface area contributed by atoms with Crippen LogP contribution in [-0.4, -0.2) is 125 Å². The van der Waals surface area contributed by atoms with E-state index in [2.05, 4.69) is 5.32 Å². The van der Waals surface area contributed by atoms with Crippen molar-refractivity contribution in [3.05, 3.63) is 36.0 Å². The second kappa shape index (κ2) is 21.3. The van der Waals surface area contributed by atoms with E-state index < -0.39 is 30.5 Å². The van der Waals surface area contributed by atoms with Crippen LogP contribution >= 0.6 is 0 Å². The first-order valence-corrected chi connectivity index (χ1v) is 15.3. The smallest absolute Gasteiger partial charge is 0.323 e. The van der Waals surface area contributed by atoms with Crippen molar-refractivity contribution >= 4 is 23.8 Å². The minimum absolute atomic E-state index is 0.109. The third-order valence-corrected chi connectivity index (χ3v) is 7.48. The van der Waals surface area contributed by atoms with Gasteiger partial charge in [0.25, 0.3) is 0 Å². The molecule has 240 valence electrons. The van der Waals surface area contributed by atoms with Gasteiger partial charge in [-0.2, -0.15) is 0 Å². The van der Waals surface area contributed by atoms with Crippen LogP contribution in [0, 0.1) is 0 Å². The van der Waals surface area contributed by atoms with E-state index in [1.807, 2.05) is 36.3 Å². The monoisotopic (exact) mass is 604 g/mol. The van der Waals surface area contributed by atoms with Crippen LogP contribution < -0.4 is 10.1 Å². The Morgan fingerprint density at radius 2 is 1.37 bits per heavy atom. The molecule has 0 amide bonds. The predicted octanol–water partition coefficient (Wildman–Crippen LogP) is 2.42. The Hall–Kier alpha value is -3.44. The number of hydrogen-bond acceptors (Lipinski definition) is 9. The number of nitrogens with one attached hydrogen (secondary N) is 1. The van der Waals surface area contributed by atoms with Crippen molar-refractivity contribution in [1.82, 2.24) is 20.0 Å². The minimum atomic E-state index is -1.14. The van der Waals surface area contributed by atoms with Gasteiger partial charge < -0.3 is 30.3 Å². The Morgan fingerprint density at radius 3 is 2.00 bits per heavy atom. The normalized spacial score (nSPS) is 17.4. The molecule has 1 aromatic carbocycles. The fraction of sp³-hybridized carbons (Fsp3) is 0.645. The maximum absolute atomic E-state index is 12.3. The van der Waals surface area contributed by atoms with Gasteiger partial charge >= 0.3 is 17.9 Å².